The van der Waals surface area contributed by atoms with Crippen molar-refractivity contribution in [2.75, 3.05) is 19.6 Å². The van der Waals surface area contributed by atoms with Crippen LogP contribution < -0.4 is 10.6 Å². The standard InChI is InChI=1S/C31H46N8O5/c1-19-26-22(44-35-19)17-32-27(42)21-14-20(39-18-23(34-36-39)30(5,6)7)8-11-38(21)25(41)16-31(33-28(26)43)9-12-37(13-10-31)24(40)15-29(2,3)4/h18,20-21H,8-17H2,1-7H3,(H,32,42)(H,33,43)/t20-,21-/m0/s1. The van der Waals surface area contributed by atoms with Gasteiger partial charge in [0.25, 0.3) is 5.91 Å². The van der Waals surface area contributed by atoms with Gasteiger partial charge in [-0.25, -0.2) is 4.68 Å². The van der Waals surface area contributed by atoms with Crippen LogP contribution in [0.2, 0.25) is 0 Å². The second-order valence-corrected chi connectivity index (χ2v) is 14.9. The van der Waals surface area contributed by atoms with Crippen LogP contribution in [0.3, 0.4) is 0 Å². The number of fused-ring (bicyclic) bond motifs is 2. The van der Waals surface area contributed by atoms with Crippen molar-refractivity contribution in [2.24, 2.45) is 5.41 Å². The Kier molecular flexibility index (Phi) is 8.36. The maximum Gasteiger partial charge on any atom is 0.257 e. The highest BCUT2D eigenvalue weighted by molar-refractivity contribution is 5.97. The zero-order valence-electron chi connectivity index (χ0n) is 27.0. The molecule has 3 aliphatic heterocycles. The van der Waals surface area contributed by atoms with Gasteiger partial charge in [0.2, 0.25) is 17.7 Å². The number of likely N-dealkylation sites (tertiary alicyclic amines) is 1. The number of aromatic nitrogens is 4. The summed E-state index contributed by atoms with van der Waals surface area (Å²) in [6.07, 6.45) is 4.20. The highest BCUT2D eigenvalue weighted by Crippen LogP contribution is 2.34. The van der Waals surface area contributed by atoms with Gasteiger partial charge in [-0.3, -0.25) is 19.2 Å². The van der Waals surface area contributed by atoms with Gasteiger partial charge in [0.05, 0.1) is 35.9 Å². The first-order valence-electron chi connectivity index (χ1n) is 15.6. The highest BCUT2D eigenvalue weighted by Gasteiger charge is 2.45. The molecule has 0 bridgehead atoms. The van der Waals surface area contributed by atoms with Gasteiger partial charge in [-0.05, 0) is 38.0 Å². The maximum absolute atomic E-state index is 14.1. The van der Waals surface area contributed by atoms with Crippen LogP contribution >= 0.6 is 0 Å². The fourth-order valence-electron chi connectivity index (χ4n) is 6.44. The Hall–Kier alpha value is -3.77. The molecule has 5 rings (SSSR count). The largest absolute Gasteiger partial charge is 0.358 e. The first-order valence-corrected chi connectivity index (χ1v) is 15.6. The first-order chi connectivity index (χ1) is 20.6. The number of hydrogen-bond acceptors (Lipinski definition) is 8. The number of piperidine rings is 2. The molecule has 13 heteroatoms. The second kappa shape index (κ2) is 11.6. The third-order valence-corrected chi connectivity index (χ3v) is 9.06. The third kappa shape index (κ3) is 6.66. The van der Waals surface area contributed by atoms with Gasteiger partial charge in [0.1, 0.15) is 11.6 Å². The molecule has 240 valence electrons. The van der Waals surface area contributed by atoms with Gasteiger partial charge in [0, 0.05) is 37.7 Å². The van der Waals surface area contributed by atoms with Crippen LogP contribution in [-0.4, -0.2) is 84.8 Å². The number of nitrogens with one attached hydrogen (secondary N) is 2. The molecule has 1 spiro atoms. The Morgan fingerprint density at radius 2 is 1.80 bits per heavy atom. The number of carbonyl (C=O) groups is 4. The summed E-state index contributed by atoms with van der Waals surface area (Å²) in [5.74, 6) is -0.589. The van der Waals surface area contributed by atoms with E-state index < -0.39 is 17.5 Å². The van der Waals surface area contributed by atoms with Crippen LogP contribution in [0.15, 0.2) is 10.7 Å². The van der Waals surface area contributed by atoms with Gasteiger partial charge in [0.15, 0.2) is 5.76 Å². The number of aryl methyl sites for hydroxylation is 1. The molecule has 0 aromatic carbocycles. The van der Waals surface area contributed by atoms with Gasteiger partial charge in [-0.15, -0.1) is 5.10 Å². The fraction of sp³-hybridized carbons (Fsp3) is 0.710. The molecule has 2 aromatic rings. The summed E-state index contributed by atoms with van der Waals surface area (Å²) in [6.45, 7) is 15.2. The Morgan fingerprint density at radius 3 is 2.43 bits per heavy atom. The molecule has 13 nitrogen and oxygen atoms in total. The lowest BCUT2D eigenvalue weighted by molar-refractivity contribution is -0.145. The van der Waals surface area contributed by atoms with Crippen molar-refractivity contribution in [3.05, 3.63) is 28.9 Å². The summed E-state index contributed by atoms with van der Waals surface area (Å²) in [7, 11) is 0. The van der Waals surface area contributed by atoms with E-state index in [-0.39, 0.29) is 58.9 Å². The lowest BCUT2D eigenvalue weighted by atomic mass is 9.82. The van der Waals surface area contributed by atoms with Crippen molar-refractivity contribution in [1.29, 1.82) is 0 Å². The number of rotatable bonds is 2. The number of amides is 4. The molecular weight excluding hydrogens is 564 g/mol. The average molecular weight is 611 g/mol. The first kappa shape index (κ1) is 31.6. The summed E-state index contributed by atoms with van der Waals surface area (Å²) in [5, 5.41) is 18.8. The SMILES string of the molecule is Cc1noc2c1C(=O)NC1(CCN(C(=O)CC(C)(C)C)CC1)CC(=O)N1CC[C@H](n3cc(C(C)(C)C)nn3)C[C@H]1C(=O)NC2. The van der Waals surface area contributed by atoms with Crippen LogP contribution in [-0.2, 0) is 26.3 Å². The Morgan fingerprint density at radius 1 is 1.09 bits per heavy atom. The van der Waals surface area contributed by atoms with Gasteiger partial charge in [-0.2, -0.15) is 0 Å². The zero-order valence-corrected chi connectivity index (χ0v) is 27.0. The molecule has 2 N–H and O–H groups in total. The van der Waals surface area contributed by atoms with Crippen LogP contribution in [0.4, 0.5) is 0 Å². The molecule has 0 radical (unpaired) electrons. The van der Waals surface area contributed by atoms with Crippen molar-refractivity contribution in [1.82, 2.24) is 40.6 Å². The second-order valence-electron chi connectivity index (χ2n) is 14.9. The van der Waals surface area contributed by atoms with Gasteiger partial charge in [-0.1, -0.05) is 51.9 Å². The van der Waals surface area contributed by atoms with E-state index in [9.17, 15) is 19.2 Å². The van der Waals surface area contributed by atoms with Crippen molar-refractivity contribution in [2.45, 2.75) is 117 Å². The van der Waals surface area contributed by atoms with Gasteiger partial charge >= 0.3 is 0 Å². The molecule has 2 atom stereocenters. The number of carbonyl (C=O) groups excluding carboxylic acids is 4. The van der Waals surface area contributed by atoms with Gasteiger partial charge < -0.3 is 25.0 Å². The molecule has 0 saturated carbocycles. The lowest BCUT2D eigenvalue weighted by Crippen LogP contribution is -2.60. The number of nitrogens with zero attached hydrogens (tertiary/aromatic N) is 6. The molecule has 4 amide bonds. The monoisotopic (exact) mass is 610 g/mol. The predicted octanol–water partition coefficient (Wildman–Crippen LogP) is 2.65. The molecule has 0 aliphatic carbocycles. The minimum atomic E-state index is -0.891. The minimum Gasteiger partial charge on any atom is -0.358 e. The Labute approximate surface area is 258 Å². The lowest BCUT2D eigenvalue weighted by Gasteiger charge is -2.45. The third-order valence-electron chi connectivity index (χ3n) is 9.06. The van der Waals surface area contributed by atoms with Crippen molar-refractivity contribution >= 4 is 23.6 Å². The van der Waals surface area contributed by atoms with E-state index >= 15 is 0 Å². The van der Waals surface area contributed by atoms with Crippen molar-refractivity contribution < 1.29 is 23.7 Å². The maximum atomic E-state index is 14.1. The zero-order chi connectivity index (χ0) is 32.0. The van der Waals surface area contributed by atoms with Crippen molar-refractivity contribution in [3.8, 4) is 0 Å². The summed E-state index contributed by atoms with van der Waals surface area (Å²) >= 11 is 0. The normalized spacial score (nSPS) is 23.3. The molecular formula is C31H46N8O5. The predicted molar refractivity (Wildman–Crippen MR) is 160 cm³/mol. The molecule has 0 unspecified atom stereocenters. The van der Waals surface area contributed by atoms with Crippen LogP contribution in [0.25, 0.3) is 0 Å². The highest BCUT2D eigenvalue weighted by atomic mass is 16.5. The van der Waals surface area contributed by atoms with Crippen LogP contribution in [0, 0.1) is 12.3 Å². The van der Waals surface area contributed by atoms with Crippen LogP contribution in [0.5, 0.6) is 0 Å². The Bertz CT molecular complexity index is 1420. The topological polar surface area (TPSA) is 156 Å². The minimum absolute atomic E-state index is 0.0195. The smallest absolute Gasteiger partial charge is 0.257 e. The average Bonchev–Trinajstić information content (AvgIpc) is 3.57. The number of hydrogen-bond donors (Lipinski definition) is 2. The molecule has 3 aliphatic rings. The van der Waals surface area contributed by atoms with Crippen LogP contribution in [0.1, 0.15) is 114 Å². The molecule has 2 saturated heterocycles. The van der Waals surface area contributed by atoms with E-state index in [1.807, 2.05) is 36.5 Å². The molecule has 2 aromatic heterocycles. The summed E-state index contributed by atoms with van der Waals surface area (Å²) < 4.78 is 7.30. The summed E-state index contributed by atoms with van der Waals surface area (Å²) in [4.78, 5) is 57.9. The van der Waals surface area contributed by atoms with E-state index in [0.29, 0.717) is 57.4 Å². The van der Waals surface area contributed by atoms with Crippen molar-refractivity contribution in [3.63, 3.8) is 0 Å². The molecule has 5 heterocycles. The van der Waals surface area contributed by atoms with E-state index in [2.05, 4.69) is 46.9 Å². The fourth-order valence-corrected chi connectivity index (χ4v) is 6.44. The molecule has 2 fully saturated rings. The molecule has 44 heavy (non-hydrogen) atoms. The van der Waals surface area contributed by atoms with E-state index in [1.54, 1.807) is 11.8 Å². The quantitative estimate of drug-likeness (QED) is 0.526. The summed E-state index contributed by atoms with van der Waals surface area (Å²) in [6, 6.07) is -0.850. The van der Waals surface area contributed by atoms with E-state index in [0.717, 1.165) is 5.69 Å². The van der Waals surface area contributed by atoms with E-state index in [4.69, 9.17) is 4.52 Å². The Balaban J connectivity index is 1.43. The summed E-state index contributed by atoms with van der Waals surface area (Å²) in [5.41, 5.74) is 0.324. The van der Waals surface area contributed by atoms with E-state index in [1.165, 1.54) is 0 Å².